The molecule has 2 N–H and O–H groups in total. The second-order valence-corrected chi connectivity index (χ2v) is 8.50. The summed E-state index contributed by atoms with van der Waals surface area (Å²) in [6, 6.07) is 9.88. The van der Waals surface area contributed by atoms with Gasteiger partial charge in [-0.25, -0.2) is 4.39 Å². The fourth-order valence-corrected chi connectivity index (χ4v) is 4.39. The maximum atomic E-state index is 13.3. The van der Waals surface area contributed by atoms with Crippen LogP contribution in [0.1, 0.15) is 46.9 Å². The van der Waals surface area contributed by atoms with Gasteiger partial charge in [-0.2, -0.15) is 0 Å². The van der Waals surface area contributed by atoms with E-state index >= 15 is 0 Å². The summed E-state index contributed by atoms with van der Waals surface area (Å²) >= 11 is 0. The molecule has 9 heteroatoms. The highest BCUT2D eigenvalue weighted by Gasteiger charge is 2.39. The minimum Gasteiger partial charge on any atom is -0.490 e. The Hall–Kier alpha value is -3.46. The van der Waals surface area contributed by atoms with E-state index in [1.165, 1.54) is 24.3 Å². The van der Waals surface area contributed by atoms with Gasteiger partial charge in [0.05, 0.1) is 24.1 Å². The first-order valence-corrected chi connectivity index (χ1v) is 11.4. The molecule has 0 bridgehead atoms. The summed E-state index contributed by atoms with van der Waals surface area (Å²) in [4.78, 5) is 39.4. The highest BCUT2D eigenvalue weighted by molar-refractivity contribution is 6.05. The van der Waals surface area contributed by atoms with Crippen LogP contribution in [-0.2, 0) is 9.53 Å². The standard InChI is InChI=1S/C25H28FN3O5/c1-3-27-23(30)13-18-9-10-20-22(34-18)14-33-21-11-8-17(12-19(21)25(32)29(20)2)28-24(31)15-4-6-16(26)7-5-15/h4-8,11-12,18,20,22H,3,9-10,13-14H2,1-2H3,(H,27,30)(H,28,31)/t18-,20-,22+/m0/s1. The zero-order chi connectivity index (χ0) is 24.2. The summed E-state index contributed by atoms with van der Waals surface area (Å²) < 4.78 is 25.2. The minimum atomic E-state index is -0.427. The van der Waals surface area contributed by atoms with Gasteiger partial charge in [0.25, 0.3) is 11.8 Å². The molecule has 2 aliphatic rings. The molecule has 3 amide bonds. The van der Waals surface area contributed by atoms with Crippen molar-refractivity contribution in [1.82, 2.24) is 10.2 Å². The monoisotopic (exact) mass is 469 g/mol. The van der Waals surface area contributed by atoms with Crippen molar-refractivity contribution in [2.75, 3.05) is 25.5 Å². The number of fused-ring (bicyclic) bond motifs is 2. The first-order chi connectivity index (χ1) is 16.4. The lowest BCUT2D eigenvalue weighted by atomic mass is 9.94. The fraction of sp³-hybridized carbons (Fsp3) is 0.400. The van der Waals surface area contributed by atoms with Gasteiger partial charge in [0.2, 0.25) is 5.91 Å². The topological polar surface area (TPSA) is 97.0 Å². The largest absolute Gasteiger partial charge is 0.490 e. The van der Waals surface area contributed by atoms with Crippen LogP contribution in [-0.4, -0.2) is 61.1 Å². The molecule has 0 radical (unpaired) electrons. The molecule has 0 unspecified atom stereocenters. The van der Waals surface area contributed by atoms with Crippen molar-refractivity contribution in [3.8, 4) is 5.75 Å². The lowest BCUT2D eigenvalue weighted by Gasteiger charge is -2.42. The van der Waals surface area contributed by atoms with E-state index in [1.54, 1.807) is 30.1 Å². The first kappa shape index (κ1) is 23.7. The van der Waals surface area contributed by atoms with Crippen LogP contribution in [0.2, 0.25) is 0 Å². The van der Waals surface area contributed by atoms with E-state index in [0.29, 0.717) is 42.0 Å². The highest BCUT2D eigenvalue weighted by Crippen LogP contribution is 2.32. The number of hydrogen-bond acceptors (Lipinski definition) is 5. The van der Waals surface area contributed by atoms with Crippen LogP contribution in [0.3, 0.4) is 0 Å². The Labute approximate surface area is 197 Å². The van der Waals surface area contributed by atoms with Gasteiger partial charge in [-0.1, -0.05) is 0 Å². The smallest absolute Gasteiger partial charge is 0.257 e. The number of hydrogen-bond donors (Lipinski definition) is 2. The SMILES string of the molecule is CCNC(=O)C[C@@H]1CC[C@H]2[C@@H](COc3ccc(NC(=O)c4ccc(F)cc4)cc3C(=O)N2C)O1. The number of carbonyl (C=O) groups is 3. The molecule has 2 aromatic rings. The molecular formula is C25H28FN3O5. The summed E-state index contributed by atoms with van der Waals surface area (Å²) in [7, 11) is 1.73. The van der Waals surface area contributed by atoms with E-state index < -0.39 is 11.7 Å². The molecule has 180 valence electrons. The van der Waals surface area contributed by atoms with Crippen molar-refractivity contribution >= 4 is 23.4 Å². The van der Waals surface area contributed by atoms with Crippen molar-refractivity contribution in [1.29, 1.82) is 0 Å². The van der Waals surface area contributed by atoms with Crippen molar-refractivity contribution < 1.29 is 28.2 Å². The van der Waals surface area contributed by atoms with Gasteiger partial charge < -0.3 is 25.0 Å². The molecule has 0 aromatic heterocycles. The average Bonchev–Trinajstić information content (AvgIpc) is 2.82. The first-order valence-electron chi connectivity index (χ1n) is 11.4. The molecule has 2 heterocycles. The van der Waals surface area contributed by atoms with Gasteiger partial charge in [0, 0.05) is 24.8 Å². The van der Waals surface area contributed by atoms with Gasteiger partial charge in [0.15, 0.2) is 0 Å². The maximum absolute atomic E-state index is 13.3. The van der Waals surface area contributed by atoms with Crippen LogP contribution >= 0.6 is 0 Å². The number of anilines is 1. The number of nitrogens with one attached hydrogen (secondary N) is 2. The molecule has 0 spiro atoms. The van der Waals surface area contributed by atoms with E-state index in [9.17, 15) is 18.8 Å². The lowest BCUT2D eigenvalue weighted by Crippen LogP contribution is -2.54. The molecule has 4 rings (SSSR count). The van der Waals surface area contributed by atoms with E-state index in [4.69, 9.17) is 9.47 Å². The number of ether oxygens (including phenoxy) is 2. The zero-order valence-corrected chi connectivity index (χ0v) is 19.2. The number of amides is 3. The minimum absolute atomic E-state index is 0.0531. The Morgan fingerprint density at radius 3 is 2.65 bits per heavy atom. The quantitative estimate of drug-likeness (QED) is 0.702. The number of rotatable bonds is 5. The van der Waals surface area contributed by atoms with E-state index in [2.05, 4.69) is 10.6 Å². The summed E-state index contributed by atoms with van der Waals surface area (Å²) in [5.74, 6) is -0.740. The van der Waals surface area contributed by atoms with Crippen LogP contribution in [0, 0.1) is 5.82 Å². The third-order valence-electron chi connectivity index (χ3n) is 6.16. The molecule has 34 heavy (non-hydrogen) atoms. The second-order valence-electron chi connectivity index (χ2n) is 8.50. The molecule has 8 nitrogen and oxygen atoms in total. The second kappa shape index (κ2) is 10.2. The van der Waals surface area contributed by atoms with Gasteiger partial charge in [-0.05, 0) is 62.2 Å². The molecule has 1 saturated heterocycles. The zero-order valence-electron chi connectivity index (χ0n) is 19.2. The van der Waals surface area contributed by atoms with Crippen LogP contribution < -0.4 is 15.4 Å². The number of carbonyl (C=O) groups excluding carboxylic acids is 3. The molecule has 1 fully saturated rings. The maximum Gasteiger partial charge on any atom is 0.257 e. The molecular weight excluding hydrogens is 441 g/mol. The Morgan fingerprint density at radius 2 is 1.91 bits per heavy atom. The molecule has 0 saturated carbocycles. The summed E-state index contributed by atoms with van der Waals surface area (Å²) in [5.41, 5.74) is 1.07. The summed E-state index contributed by atoms with van der Waals surface area (Å²) in [6.45, 7) is 2.68. The third-order valence-corrected chi connectivity index (χ3v) is 6.16. The van der Waals surface area contributed by atoms with Crippen molar-refractivity contribution in [3.63, 3.8) is 0 Å². The summed E-state index contributed by atoms with van der Waals surface area (Å²) in [6.07, 6.45) is 1.06. The van der Waals surface area contributed by atoms with Crippen LogP contribution in [0.15, 0.2) is 42.5 Å². The van der Waals surface area contributed by atoms with Crippen LogP contribution in [0.25, 0.3) is 0 Å². The Balaban J connectivity index is 1.49. The molecule has 3 atom stereocenters. The third kappa shape index (κ3) is 5.20. The van der Waals surface area contributed by atoms with Crippen molar-refractivity contribution in [3.05, 3.63) is 59.4 Å². The van der Waals surface area contributed by atoms with Gasteiger partial charge >= 0.3 is 0 Å². The van der Waals surface area contributed by atoms with E-state index in [0.717, 1.165) is 0 Å². The van der Waals surface area contributed by atoms with E-state index in [-0.39, 0.29) is 43.1 Å². The van der Waals surface area contributed by atoms with Gasteiger partial charge in [0.1, 0.15) is 24.3 Å². The Bertz CT molecular complexity index is 1070. The van der Waals surface area contributed by atoms with Crippen molar-refractivity contribution in [2.45, 2.75) is 44.4 Å². The average molecular weight is 470 g/mol. The Morgan fingerprint density at radius 1 is 1.15 bits per heavy atom. The number of halogens is 1. The van der Waals surface area contributed by atoms with Gasteiger partial charge in [-0.3, -0.25) is 14.4 Å². The number of likely N-dealkylation sites (N-methyl/N-ethyl adjacent to an activating group) is 1. The van der Waals surface area contributed by atoms with Crippen molar-refractivity contribution in [2.24, 2.45) is 0 Å². The fourth-order valence-electron chi connectivity index (χ4n) is 4.39. The van der Waals surface area contributed by atoms with E-state index in [1.807, 2.05) is 6.92 Å². The lowest BCUT2D eigenvalue weighted by molar-refractivity contribution is -0.133. The van der Waals surface area contributed by atoms with Crippen LogP contribution in [0.5, 0.6) is 5.75 Å². The number of benzene rings is 2. The predicted octanol–water partition coefficient (Wildman–Crippen LogP) is 2.98. The number of nitrogens with zero attached hydrogens (tertiary/aromatic N) is 1. The van der Waals surface area contributed by atoms with Crippen LogP contribution in [0.4, 0.5) is 10.1 Å². The molecule has 2 aromatic carbocycles. The Kier molecular flexibility index (Phi) is 7.12. The van der Waals surface area contributed by atoms with Gasteiger partial charge in [-0.15, -0.1) is 0 Å². The summed E-state index contributed by atoms with van der Waals surface area (Å²) in [5, 5.41) is 5.53. The highest BCUT2D eigenvalue weighted by atomic mass is 19.1. The normalized spacial score (nSPS) is 21.9. The molecule has 0 aliphatic carbocycles. The molecule has 2 aliphatic heterocycles. The predicted molar refractivity (Wildman–Crippen MR) is 123 cm³/mol.